The van der Waals surface area contributed by atoms with Gasteiger partial charge in [-0.25, -0.2) is 9.59 Å². The van der Waals surface area contributed by atoms with Crippen LogP contribution < -0.4 is 10.6 Å². The molecule has 0 saturated carbocycles. The molecule has 1 aromatic heterocycles. The van der Waals surface area contributed by atoms with E-state index in [4.69, 9.17) is 4.74 Å². The van der Waals surface area contributed by atoms with Gasteiger partial charge in [0.2, 0.25) is 0 Å². The zero-order valence-corrected chi connectivity index (χ0v) is 16.9. The molecule has 0 fully saturated rings. The Labute approximate surface area is 168 Å². The smallest absolute Gasteiger partial charge is 0.348 e. The summed E-state index contributed by atoms with van der Waals surface area (Å²) in [5.74, 6) is -1.20. The van der Waals surface area contributed by atoms with E-state index in [0.29, 0.717) is 10.6 Å². The number of anilines is 1. The number of fused-ring (bicyclic) bond motifs is 1. The molecule has 6 nitrogen and oxygen atoms in total. The minimum absolute atomic E-state index is 0.498. The van der Waals surface area contributed by atoms with Gasteiger partial charge in [-0.2, -0.15) is 0 Å². The Kier molecular flexibility index (Phi) is 6.46. The molecule has 7 heteroatoms. The van der Waals surface area contributed by atoms with Crippen molar-refractivity contribution >= 4 is 34.9 Å². The molecule has 0 aliphatic heterocycles. The number of imide groups is 1. The highest BCUT2D eigenvalue weighted by Gasteiger charge is 2.19. The number of hydrogen-bond acceptors (Lipinski definition) is 5. The van der Waals surface area contributed by atoms with E-state index in [1.165, 1.54) is 28.2 Å². The van der Waals surface area contributed by atoms with Crippen LogP contribution in [0.4, 0.5) is 10.5 Å². The van der Waals surface area contributed by atoms with Crippen LogP contribution in [0.15, 0.2) is 24.3 Å². The fourth-order valence-corrected chi connectivity index (χ4v) is 4.39. The van der Waals surface area contributed by atoms with Gasteiger partial charge in [-0.15, -0.1) is 11.3 Å². The van der Waals surface area contributed by atoms with Gasteiger partial charge in [0.15, 0.2) is 6.61 Å². The number of ether oxygens (including phenoxy) is 1. The van der Waals surface area contributed by atoms with Gasteiger partial charge in [-0.05, 0) is 62.8 Å². The molecular formula is C21H24N2O4S. The summed E-state index contributed by atoms with van der Waals surface area (Å²) in [5.41, 5.74) is 3.81. The van der Waals surface area contributed by atoms with Gasteiger partial charge < -0.3 is 10.1 Å². The van der Waals surface area contributed by atoms with Crippen LogP contribution in [-0.4, -0.2) is 24.5 Å². The number of esters is 1. The lowest BCUT2D eigenvalue weighted by Gasteiger charge is -2.10. The molecule has 0 bridgehead atoms. The van der Waals surface area contributed by atoms with Gasteiger partial charge >= 0.3 is 12.0 Å². The first-order valence-electron chi connectivity index (χ1n) is 9.39. The van der Waals surface area contributed by atoms with E-state index in [9.17, 15) is 14.4 Å². The van der Waals surface area contributed by atoms with Crippen LogP contribution in [0.25, 0.3) is 0 Å². The molecule has 0 radical (unpaired) electrons. The van der Waals surface area contributed by atoms with Crippen LogP contribution in [0.2, 0.25) is 0 Å². The Morgan fingerprint density at radius 1 is 1.07 bits per heavy atom. The largest absolute Gasteiger partial charge is 0.451 e. The van der Waals surface area contributed by atoms with Crippen LogP contribution >= 0.6 is 11.3 Å². The van der Waals surface area contributed by atoms with Crippen molar-refractivity contribution < 1.29 is 19.1 Å². The van der Waals surface area contributed by atoms with Gasteiger partial charge in [-0.1, -0.05) is 24.1 Å². The van der Waals surface area contributed by atoms with E-state index in [0.717, 1.165) is 36.8 Å². The Morgan fingerprint density at radius 2 is 1.86 bits per heavy atom. The molecule has 148 valence electrons. The third-order valence-electron chi connectivity index (χ3n) is 4.67. The van der Waals surface area contributed by atoms with Crippen LogP contribution in [-0.2, 0) is 22.4 Å². The van der Waals surface area contributed by atoms with Crippen molar-refractivity contribution in [3.05, 3.63) is 50.7 Å². The SMILES string of the molecule is Cc1ccc(NC(=O)NC(=O)COC(=O)c2cc3c(s2)CCCCC3)c(C)c1. The lowest BCUT2D eigenvalue weighted by atomic mass is 10.1. The fraction of sp³-hybridized carbons (Fsp3) is 0.381. The molecule has 2 N–H and O–H groups in total. The standard InChI is InChI=1S/C21H24N2O4S/c1-13-8-9-16(14(2)10-13)22-21(26)23-19(24)12-27-20(25)18-11-15-6-4-3-5-7-17(15)28-18/h8-11H,3-7,12H2,1-2H3,(H2,22,23,24,26). The lowest BCUT2D eigenvalue weighted by Crippen LogP contribution is -2.37. The van der Waals surface area contributed by atoms with E-state index in [-0.39, 0.29) is 0 Å². The number of nitrogens with one attached hydrogen (secondary N) is 2. The summed E-state index contributed by atoms with van der Waals surface area (Å²) in [6, 6.07) is 6.79. The Morgan fingerprint density at radius 3 is 2.64 bits per heavy atom. The summed E-state index contributed by atoms with van der Waals surface area (Å²) in [6.45, 7) is 3.33. The minimum atomic E-state index is -0.672. The first kappa shape index (κ1) is 20.1. The monoisotopic (exact) mass is 400 g/mol. The van der Waals surface area contributed by atoms with Crippen molar-refractivity contribution in [1.82, 2.24) is 5.32 Å². The van der Waals surface area contributed by atoms with Crippen molar-refractivity contribution in [1.29, 1.82) is 0 Å². The number of thiophene rings is 1. The highest BCUT2D eigenvalue weighted by atomic mass is 32.1. The summed E-state index contributed by atoms with van der Waals surface area (Å²) in [5, 5.41) is 4.79. The number of urea groups is 1. The number of carbonyl (C=O) groups is 3. The number of hydrogen-bond donors (Lipinski definition) is 2. The molecule has 28 heavy (non-hydrogen) atoms. The maximum Gasteiger partial charge on any atom is 0.348 e. The number of rotatable bonds is 4. The number of carbonyl (C=O) groups excluding carboxylic acids is 3. The third-order valence-corrected chi connectivity index (χ3v) is 5.88. The molecule has 3 amide bonds. The van der Waals surface area contributed by atoms with Gasteiger partial charge in [-0.3, -0.25) is 10.1 Å². The second-order valence-corrected chi connectivity index (χ2v) is 8.15. The fourth-order valence-electron chi connectivity index (χ4n) is 3.24. The van der Waals surface area contributed by atoms with Crippen molar-refractivity contribution in [3.63, 3.8) is 0 Å². The van der Waals surface area contributed by atoms with E-state index in [1.807, 2.05) is 32.0 Å². The Bertz CT molecular complexity index is 880. The van der Waals surface area contributed by atoms with Crippen LogP contribution in [0, 0.1) is 13.8 Å². The van der Waals surface area contributed by atoms with Gasteiger partial charge in [0.1, 0.15) is 4.88 Å². The zero-order valence-electron chi connectivity index (χ0n) is 16.1. The summed E-state index contributed by atoms with van der Waals surface area (Å²) in [7, 11) is 0. The molecule has 0 saturated heterocycles. The maximum atomic E-state index is 12.2. The van der Waals surface area contributed by atoms with Crippen LogP contribution in [0.1, 0.15) is 50.5 Å². The molecule has 0 spiro atoms. The second kappa shape index (κ2) is 9.01. The van der Waals surface area contributed by atoms with E-state index < -0.39 is 24.5 Å². The molecular weight excluding hydrogens is 376 g/mol. The van der Waals surface area contributed by atoms with Crippen LogP contribution in [0.3, 0.4) is 0 Å². The topological polar surface area (TPSA) is 84.5 Å². The Balaban J connectivity index is 1.48. The van der Waals surface area contributed by atoms with Crippen molar-refractivity contribution in [2.75, 3.05) is 11.9 Å². The van der Waals surface area contributed by atoms with Crippen molar-refractivity contribution in [2.45, 2.75) is 46.0 Å². The third kappa shape index (κ3) is 5.19. The number of aryl methyl sites for hydroxylation is 4. The molecule has 1 aromatic carbocycles. The molecule has 0 atom stereocenters. The minimum Gasteiger partial charge on any atom is -0.451 e. The quantitative estimate of drug-likeness (QED) is 0.597. The van der Waals surface area contributed by atoms with Gasteiger partial charge in [0.05, 0.1) is 0 Å². The summed E-state index contributed by atoms with van der Waals surface area (Å²) in [6.07, 6.45) is 5.46. The predicted octanol–water partition coefficient (Wildman–Crippen LogP) is 4.14. The average Bonchev–Trinajstić information content (AvgIpc) is 2.93. The summed E-state index contributed by atoms with van der Waals surface area (Å²) >= 11 is 1.44. The van der Waals surface area contributed by atoms with Crippen molar-refractivity contribution in [3.8, 4) is 0 Å². The zero-order chi connectivity index (χ0) is 20.1. The molecule has 1 aliphatic carbocycles. The van der Waals surface area contributed by atoms with E-state index >= 15 is 0 Å². The normalized spacial score (nSPS) is 13.2. The predicted molar refractivity (Wildman–Crippen MR) is 109 cm³/mol. The van der Waals surface area contributed by atoms with E-state index in [2.05, 4.69) is 10.6 Å². The van der Waals surface area contributed by atoms with Crippen LogP contribution in [0.5, 0.6) is 0 Å². The van der Waals surface area contributed by atoms with Gasteiger partial charge in [0.25, 0.3) is 5.91 Å². The highest BCUT2D eigenvalue weighted by Crippen LogP contribution is 2.29. The number of benzene rings is 1. The molecule has 1 aliphatic rings. The molecule has 1 heterocycles. The maximum absolute atomic E-state index is 12.2. The number of amides is 3. The summed E-state index contributed by atoms with van der Waals surface area (Å²) < 4.78 is 5.07. The van der Waals surface area contributed by atoms with Gasteiger partial charge in [0, 0.05) is 10.6 Å². The first-order valence-corrected chi connectivity index (χ1v) is 10.2. The average molecular weight is 401 g/mol. The van der Waals surface area contributed by atoms with Crippen molar-refractivity contribution in [2.24, 2.45) is 0 Å². The summed E-state index contributed by atoms with van der Waals surface area (Å²) in [4.78, 5) is 37.8. The first-order chi connectivity index (χ1) is 13.4. The Hall–Kier alpha value is -2.67. The lowest BCUT2D eigenvalue weighted by molar-refractivity contribution is -0.123. The molecule has 0 unspecified atom stereocenters. The highest BCUT2D eigenvalue weighted by molar-refractivity contribution is 7.14. The molecule has 3 rings (SSSR count). The molecule has 2 aromatic rings. The van der Waals surface area contributed by atoms with E-state index in [1.54, 1.807) is 6.07 Å². The second-order valence-electron chi connectivity index (χ2n) is 7.02.